The van der Waals surface area contributed by atoms with Crippen LogP contribution in [0.15, 0.2) is 48.8 Å². The Morgan fingerprint density at radius 1 is 1.11 bits per heavy atom. The van der Waals surface area contributed by atoms with Crippen LogP contribution in [0.2, 0.25) is 0 Å². The third-order valence-corrected chi connectivity index (χ3v) is 5.38. The lowest BCUT2D eigenvalue weighted by molar-refractivity contribution is -0.127. The molecule has 8 heteroatoms. The molecule has 7 nitrogen and oxygen atoms in total. The Morgan fingerprint density at radius 2 is 1.86 bits per heavy atom. The zero-order valence-electron chi connectivity index (χ0n) is 15.3. The molecule has 4 rings (SSSR count). The molecule has 2 N–H and O–H groups in total. The molecule has 2 aliphatic heterocycles. The number of aromatic nitrogens is 1. The third kappa shape index (κ3) is 3.74. The predicted octanol–water partition coefficient (Wildman–Crippen LogP) is 1.11. The summed E-state index contributed by atoms with van der Waals surface area (Å²) in [6.07, 6.45) is 2.86. The van der Waals surface area contributed by atoms with Gasteiger partial charge in [0.15, 0.2) is 5.82 Å². The van der Waals surface area contributed by atoms with Crippen molar-refractivity contribution in [1.29, 1.82) is 0 Å². The van der Waals surface area contributed by atoms with Gasteiger partial charge in [-0.3, -0.25) is 24.9 Å². The van der Waals surface area contributed by atoms with E-state index in [1.165, 1.54) is 12.3 Å². The number of carbonyl (C=O) groups excluding carboxylic acids is 2. The summed E-state index contributed by atoms with van der Waals surface area (Å²) in [4.78, 5) is 32.2. The van der Waals surface area contributed by atoms with Gasteiger partial charge in [0.05, 0.1) is 17.8 Å². The fourth-order valence-corrected chi connectivity index (χ4v) is 3.89. The molecule has 2 aromatic rings. The number of carbonyl (C=O) groups is 2. The molecule has 2 fully saturated rings. The number of hydrogen-bond acceptors (Lipinski definition) is 5. The number of halogens is 1. The van der Waals surface area contributed by atoms with E-state index >= 15 is 0 Å². The van der Waals surface area contributed by atoms with Gasteiger partial charge in [-0.15, -0.1) is 0 Å². The summed E-state index contributed by atoms with van der Waals surface area (Å²) in [5.74, 6) is -0.972. The van der Waals surface area contributed by atoms with Crippen molar-refractivity contribution < 1.29 is 14.0 Å². The first-order chi connectivity index (χ1) is 13.6. The van der Waals surface area contributed by atoms with E-state index in [-0.39, 0.29) is 29.5 Å². The number of pyridine rings is 1. The van der Waals surface area contributed by atoms with E-state index in [9.17, 15) is 14.0 Å². The smallest absolute Gasteiger partial charge is 0.257 e. The zero-order chi connectivity index (χ0) is 19.5. The number of hydrogen-bond donors (Lipinski definition) is 2. The maximum Gasteiger partial charge on any atom is 0.257 e. The van der Waals surface area contributed by atoms with Crippen LogP contribution in [0.1, 0.15) is 28.4 Å². The molecule has 0 spiro atoms. The Balaban J connectivity index is 1.45. The molecule has 0 bridgehead atoms. The molecule has 2 aliphatic rings. The number of amides is 2. The van der Waals surface area contributed by atoms with Crippen molar-refractivity contribution in [3.8, 4) is 0 Å². The second kappa shape index (κ2) is 8.04. The molecule has 0 aliphatic carbocycles. The average molecular weight is 383 g/mol. The van der Waals surface area contributed by atoms with E-state index in [1.807, 2.05) is 30.3 Å². The Hall–Kier alpha value is -2.84. The quantitative estimate of drug-likeness (QED) is 0.831. The molecular formula is C20H22FN5O2. The second-order valence-electron chi connectivity index (χ2n) is 7.04. The summed E-state index contributed by atoms with van der Waals surface area (Å²) < 4.78 is 13.9. The summed E-state index contributed by atoms with van der Waals surface area (Å²) in [5.41, 5.74) is 7.00. The number of nitrogens with zero attached hydrogens (tertiary/aromatic N) is 3. The highest BCUT2D eigenvalue weighted by atomic mass is 19.1. The molecule has 0 radical (unpaired) electrons. The highest BCUT2D eigenvalue weighted by Gasteiger charge is 2.36. The molecular weight excluding hydrogens is 361 g/mol. The largest absolute Gasteiger partial charge is 0.336 e. The van der Waals surface area contributed by atoms with Crippen molar-refractivity contribution in [2.75, 3.05) is 26.2 Å². The number of nitrogens with one attached hydrogen (secondary N) is 2. The molecule has 28 heavy (non-hydrogen) atoms. The van der Waals surface area contributed by atoms with Crippen LogP contribution in [0.5, 0.6) is 0 Å². The van der Waals surface area contributed by atoms with Crippen LogP contribution in [0, 0.1) is 5.82 Å². The maximum absolute atomic E-state index is 13.9. The Bertz CT molecular complexity index is 855. The standard InChI is InChI=1S/C20H22FN5O2/c21-16-13-22-7-6-15(16)20(28)26-10-8-25(9-11-26)17-12-18(27)23-24-19(17)14-4-2-1-3-5-14/h1-7,13,17,19,24H,8-12H2,(H,23,27). The fraction of sp³-hybridized carbons (Fsp3) is 0.350. The lowest BCUT2D eigenvalue weighted by atomic mass is 9.93. The summed E-state index contributed by atoms with van der Waals surface area (Å²) in [7, 11) is 0. The normalized spacial score (nSPS) is 23.3. The van der Waals surface area contributed by atoms with Crippen LogP contribution in [-0.2, 0) is 4.79 Å². The van der Waals surface area contributed by atoms with Gasteiger partial charge in [-0.1, -0.05) is 30.3 Å². The highest BCUT2D eigenvalue weighted by molar-refractivity contribution is 5.94. The molecule has 146 valence electrons. The average Bonchev–Trinajstić information content (AvgIpc) is 2.74. The first-order valence-electron chi connectivity index (χ1n) is 9.35. The van der Waals surface area contributed by atoms with Crippen molar-refractivity contribution in [1.82, 2.24) is 25.6 Å². The Morgan fingerprint density at radius 3 is 2.57 bits per heavy atom. The van der Waals surface area contributed by atoms with Gasteiger partial charge < -0.3 is 4.90 Å². The molecule has 2 saturated heterocycles. The summed E-state index contributed by atoms with van der Waals surface area (Å²) in [6.45, 7) is 2.23. The van der Waals surface area contributed by atoms with Crippen molar-refractivity contribution in [3.05, 3.63) is 65.7 Å². The van der Waals surface area contributed by atoms with Crippen LogP contribution in [0.3, 0.4) is 0 Å². The van der Waals surface area contributed by atoms with Gasteiger partial charge in [-0.05, 0) is 11.6 Å². The zero-order valence-corrected chi connectivity index (χ0v) is 15.3. The van der Waals surface area contributed by atoms with Crippen LogP contribution >= 0.6 is 0 Å². The van der Waals surface area contributed by atoms with Gasteiger partial charge in [-0.25, -0.2) is 9.82 Å². The number of piperazine rings is 1. The van der Waals surface area contributed by atoms with Crippen LogP contribution in [0.4, 0.5) is 4.39 Å². The van der Waals surface area contributed by atoms with Crippen molar-refractivity contribution >= 4 is 11.8 Å². The second-order valence-corrected chi connectivity index (χ2v) is 7.04. The summed E-state index contributed by atoms with van der Waals surface area (Å²) >= 11 is 0. The number of hydrazine groups is 1. The van der Waals surface area contributed by atoms with Gasteiger partial charge in [0, 0.05) is 44.8 Å². The first kappa shape index (κ1) is 18.5. The van der Waals surface area contributed by atoms with E-state index in [0.717, 1.165) is 11.8 Å². The third-order valence-electron chi connectivity index (χ3n) is 5.38. The van der Waals surface area contributed by atoms with E-state index in [1.54, 1.807) is 4.90 Å². The Kier molecular flexibility index (Phi) is 5.31. The van der Waals surface area contributed by atoms with Gasteiger partial charge >= 0.3 is 0 Å². The molecule has 2 amide bonds. The molecule has 2 atom stereocenters. The van der Waals surface area contributed by atoms with Crippen molar-refractivity contribution in [3.63, 3.8) is 0 Å². The summed E-state index contributed by atoms with van der Waals surface area (Å²) in [6, 6.07) is 11.4. The number of rotatable bonds is 3. The minimum atomic E-state index is -0.604. The molecule has 2 unspecified atom stereocenters. The van der Waals surface area contributed by atoms with E-state index in [0.29, 0.717) is 32.6 Å². The summed E-state index contributed by atoms with van der Waals surface area (Å²) in [5, 5.41) is 0. The lowest BCUT2D eigenvalue weighted by Crippen LogP contribution is -2.60. The minimum Gasteiger partial charge on any atom is -0.336 e. The Labute approximate surface area is 162 Å². The van der Waals surface area contributed by atoms with E-state index < -0.39 is 5.82 Å². The van der Waals surface area contributed by atoms with Crippen molar-refractivity contribution in [2.24, 2.45) is 0 Å². The fourth-order valence-electron chi connectivity index (χ4n) is 3.89. The molecule has 1 aromatic carbocycles. The minimum absolute atomic E-state index is 0.00827. The van der Waals surface area contributed by atoms with Crippen LogP contribution in [-0.4, -0.2) is 58.8 Å². The first-order valence-corrected chi connectivity index (χ1v) is 9.35. The van der Waals surface area contributed by atoms with E-state index in [2.05, 4.69) is 20.7 Å². The molecule has 1 aromatic heterocycles. The van der Waals surface area contributed by atoms with Crippen LogP contribution < -0.4 is 10.9 Å². The molecule has 0 saturated carbocycles. The van der Waals surface area contributed by atoms with Gasteiger partial charge in [0.2, 0.25) is 5.91 Å². The van der Waals surface area contributed by atoms with Crippen LogP contribution in [0.25, 0.3) is 0 Å². The van der Waals surface area contributed by atoms with Gasteiger partial charge in [-0.2, -0.15) is 0 Å². The molecule has 3 heterocycles. The van der Waals surface area contributed by atoms with Gasteiger partial charge in [0.25, 0.3) is 5.91 Å². The number of benzene rings is 1. The van der Waals surface area contributed by atoms with Gasteiger partial charge in [0.1, 0.15) is 0 Å². The lowest BCUT2D eigenvalue weighted by Gasteiger charge is -2.44. The van der Waals surface area contributed by atoms with E-state index in [4.69, 9.17) is 0 Å². The highest BCUT2D eigenvalue weighted by Crippen LogP contribution is 2.26. The SMILES string of the molecule is O=C1CC(N2CCN(C(=O)c3ccncc3F)CC2)C(c2ccccc2)NN1. The maximum atomic E-state index is 13.9. The van der Waals surface area contributed by atoms with Crippen molar-refractivity contribution in [2.45, 2.75) is 18.5 Å². The topological polar surface area (TPSA) is 77.6 Å². The predicted molar refractivity (Wildman–Crippen MR) is 101 cm³/mol. The monoisotopic (exact) mass is 383 g/mol.